The molecule has 0 aliphatic heterocycles. The third kappa shape index (κ3) is 8.12. The van der Waals surface area contributed by atoms with Crippen LogP contribution in [0.1, 0.15) is 20.8 Å². The molecule has 102 valence electrons. The molecular formula is C10H20O6S. The maximum Gasteiger partial charge on any atom is 0.321 e. The topological polar surface area (TPSA) is 78.9 Å². The molecule has 7 heteroatoms. The average molecular weight is 268 g/mol. The number of carbonyl (C=O) groups is 1. The van der Waals surface area contributed by atoms with Gasteiger partial charge < -0.3 is 14.2 Å². The second-order valence-corrected chi connectivity index (χ2v) is 6.65. The Bertz CT molecular complexity index is 336. The average Bonchev–Trinajstić information content (AvgIpc) is 2.09. The van der Waals surface area contributed by atoms with Crippen molar-refractivity contribution < 1.29 is 27.4 Å². The van der Waals surface area contributed by atoms with Gasteiger partial charge in [-0.25, -0.2) is 8.42 Å². The van der Waals surface area contributed by atoms with Crippen molar-refractivity contribution >= 4 is 15.8 Å². The Kier molecular flexibility index (Phi) is 6.08. The molecule has 17 heavy (non-hydrogen) atoms. The van der Waals surface area contributed by atoms with Gasteiger partial charge in [0, 0.05) is 14.2 Å². The smallest absolute Gasteiger partial charge is 0.321 e. The van der Waals surface area contributed by atoms with E-state index in [1.165, 1.54) is 14.2 Å². The molecule has 0 fully saturated rings. The van der Waals surface area contributed by atoms with Crippen molar-refractivity contribution in [2.24, 2.45) is 0 Å². The number of sulfone groups is 1. The normalized spacial score (nSPS) is 12.8. The summed E-state index contributed by atoms with van der Waals surface area (Å²) < 4.78 is 37.6. The van der Waals surface area contributed by atoms with E-state index in [0.29, 0.717) is 0 Å². The van der Waals surface area contributed by atoms with Crippen LogP contribution in [-0.2, 0) is 28.8 Å². The van der Waals surface area contributed by atoms with E-state index >= 15 is 0 Å². The van der Waals surface area contributed by atoms with Gasteiger partial charge in [-0.1, -0.05) is 0 Å². The van der Waals surface area contributed by atoms with Crippen LogP contribution in [0.5, 0.6) is 0 Å². The molecule has 0 bridgehead atoms. The van der Waals surface area contributed by atoms with Crippen molar-refractivity contribution in [3.8, 4) is 0 Å². The quantitative estimate of drug-likeness (QED) is 0.511. The summed E-state index contributed by atoms with van der Waals surface area (Å²) in [4.78, 5) is 11.3. The SMILES string of the molecule is COC(CS(=O)(=O)CC(=O)OC(C)(C)C)OC. The van der Waals surface area contributed by atoms with Crippen LogP contribution in [0.2, 0.25) is 0 Å². The summed E-state index contributed by atoms with van der Waals surface area (Å²) in [6.45, 7) is 5.01. The number of hydrogen-bond acceptors (Lipinski definition) is 6. The zero-order chi connectivity index (χ0) is 13.7. The molecule has 0 aliphatic carbocycles. The van der Waals surface area contributed by atoms with Gasteiger partial charge in [-0.3, -0.25) is 4.79 Å². The minimum atomic E-state index is -3.60. The van der Waals surface area contributed by atoms with E-state index in [1.807, 2.05) is 0 Å². The fraction of sp³-hybridized carbons (Fsp3) is 0.900. The van der Waals surface area contributed by atoms with Crippen LogP contribution >= 0.6 is 0 Å². The summed E-state index contributed by atoms with van der Waals surface area (Å²) in [6, 6.07) is 0. The lowest BCUT2D eigenvalue weighted by Crippen LogP contribution is -2.32. The van der Waals surface area contributed by atoms with Crippen LogP contribution in [0.4, 0.5) is 0 Å². The van der Waals surface area contributed by atoms with Crippen molar-refractivity contribution in [2.45, 2.75) is 32.7 Å². The Balaban J connectivity index is 4.41. The second-order valence-electron chi connectivity index (χ2n) is 4.54. The number of hydrogen-bond donors (Lipinski definition) is 0. The Morgan fingerprint density at radius 3 is 2.00 bits per heavy atom. The fourth-order valence-corrected chi connectivity index (χ4v) is 2.27. The summed E-state index contributed by atoms with van der Waals surface area (Å²) in [5.74, 6) is -1.82. The highest BCUT2D eigenvalue weighted by Gasteiger charge is 2.25. The third-order valence-electron chi connectivity index (χ3n) is 1.67. The van der Waals surface area contributed by atoms with E-state index in [9.17, 15) is 13.2 Å². The van der Waals surface area contributed by atoms with Crippen LogP contribution in [0.15, 0.2) is 0 Å². The molecule has 6 nitrogen and oxygen atoms in total. The number of carbonyl (C=O) groups excluding carboxylic acids is 1. The monoisotopic (exact) mass is 268 g/mol. The molecule has 0 atom stereocenters. The van der Waals surface area contributed by atoms with Gasteiger partial charge >= 0.3 is 5.97 Å². The van der Waals surface area contributed by atoms with Gasteiger partial charge in [0.25, 0.3) is 0 Å². The summed E-state index contributed by atoms with van der Waals surface area (Å²) in [5.41, 5.74) is -0.700. The third-order valence-corrected chi connectivity index (χ3v) is 3.13. The summed E-state index contributed by atoms with van der Waals surface area (Å²) in [7, 11) is -0.940. The molecule has 0 rings (SSSR count). The van der Waals surface area contributed by atoms with Crippen LogP contribution < -0.4 is 0 Å². The molecule has 0 aromatic rings. The van der Waals surface area contributed by atoms with Crippen LogP contribution in [0, 0.1) is 0 Å². The second kappa shape index (κ2) is 6.32. The maximum atomic E-state index is 11.6. The molecule has 0 amide bonds. The first-order valence-electron chi connectivity index (χ1n) is 5.07. The van der Waals surface area contributed by atoms with Gasteiger partial charge in [0.05, 0.1) is 0 Å². The highest BCUT2D eigenvalue weighted by molar-refractivity contribution is 7.92. The lowest BCUT2D eigenvalue weighted by Gasteiger charge is -2.20. The molecule has 0 spiro atoms. The van der Waals surface area contributed by atoms with Crippen LogP contribution in [0.3, 0.4) is 0 Å². The Labute approximate surface area is 102 Å². The van der Waals surface area contributed by atoms with Crippen molar-refractivity contribution in [3.63, 3.8) is 0 Å². The van der Waals surface area contributed by atoms with Gasteiger partial charge in [0.1, 0.15) is 17.1 Å². The largest absolute Gasteiger partial charge is 0.459 e. The van der Waals surface area contributed by atoms with E-state index in [0.717, 1.165) is 0 Å². The van der Waals surface area contributed by atoms with Crippen molar-refractivity contribution in [1.82, 2.24) is 0 Å². The van der Waals surface area contributed by atoms with Crippen LogP contribution in [-0.4, -0.2) is 52.0 Å². The fourth-order valence-electron chi connectivity index (χ4n) is 1.05. The lowest BCUT2D eigenvalue weighted by molar-refractivity contribution is -0.151. The minimum Gasteiger partial charge on any atom is -0.459 e. The number of ether oxygens (including phenoxy) is 3. The summed E-state index contributed by atoms with van der Waals surface area (Å²) in [5, 5.41) is 0. The minimum absolute atomic E-state index is 0.376. The molecule has 0 aromatic carbocycles. The standard InChI is InChI=1S/C10H20O6S/c1-10(2,3)16-8(11)6-17(12,13)7-9(14-4)15-5/h9H,6-7H2,1-5H3. The molecule has 0 unspecified atom stereocenters. The van der Waals surface area contributed by atoms with Crippen molar-refractivity contribution in [1.29, 1.82) is 0 Å². The number of methoxy groups -OCH3 is 2. The molecule has 0 N–H and O–H groups in total. The van der Waals surface area contributed by atoms with Gasteiger partial charge in [-0.05, 0) is 20.8 Å². The van der Waals surface area contributed by atoms with Crippen molar-refractivity contribution in [3.05, 3.63) is 0 Å². The zero-order valence-corrected chi connectivity index (χ0v) is 11.7. The Morgan fingerprint density at radius 1 is 1.18 bits per heavy atom. The number of rotatable bonds is 6. The number of esters is 1. The lowest BCUT2D eigenvalue weighted by atomic mass is 10.2. The van der Waals surface area contributed by atoms with Gasteiger partial charge in [-0.2, -0.15) is 0 Å². The highest BCUT2D eigenvalue weighted by Crippen LogP contribution is 2.08. The first-order valence-corrected chi connectivity index (χ1v) is 6.89. The molecule has 0 radical (unpaired) electrons. The maximum absolute atomic E-state index is 11.6. The molecule has 0 saturated heterocycles. The van der Waals surface area contributed by atoms with Crippen molar-refractivity contribution in [2.75, 3.05) is 25.7 Å². The predicted octanol–water partition coefficient (Wildman–Crippen LogP) is 0.362. The first-order chi connectivity index (χ1) is 7.59. The highest BCUT2D eigenvalue weighted by atomic mass is 32.2. The first kappa shape index (κ1) is 16.3. The van der Waals surface area contributed by atoms with E-state index < -0.39 is 33.5 Å². The molecule has 0 aromatic heterocycles. The predicted molar refractivity (Wildman–Crippen MR) is 62.3 cm³/mol. The zero-order valence-electron chi connectivity index (χ0n) is 10.8. The van der Waals surface area contributed by atoms with Crippen LogP contribution in [0.25, 0.3) is 0 Å². The van der Waals surface area contributed by atoms with Gasteiger partial charge in [0.15, 0.2) is 16.1 Å². The molecule has 0 saturated carbocycles. The van der Waals surface area contributed by atoms with E-state index in [2.05, 4.69) is 0 Å². The molecular weight excluding hydrogens is 248 g/mol. The molecule has 0 heterocycles. The van der Waals surface area contributed by atoms with Gasteiger partial charge in [-0.15, -0.1) is 0 Å². The van der Waals surface area contributed by atoms with E-state index in [1.54, 1.807) is 20.8 Å². The van der Waals surface area contributed by atoms with E-state index in [-0.39, 0.29) is 5.75 Å². The summed E-state index contributed by atoms with van der Waals surface area (Å²) >= 11 is 0. The van der Waals surface area contributed by atoms with Gasteiger partial charge in [0.2, 0.25) is 0 Å². The Hall–Kier alpha value is -0.660. The summed E-state index contributed by atoms with van der Waals surface area (Å²) in [6.07, 6.45) is -0.873. The van der Waals surface area contributed by atoms with E-state index in [4.69, 9.17) is 14.2 Å². The Morgan fingerprint density at radius 2 is 1.65 bits per heavy atom. The molecule has 0 aliphatic rings.